The van der Waals surface area contributed by atoms with Crippen LogP contribution in [0.3, 0.4) is 0 Å². The van der Waals surface area contributed by atoms with Gasteiger partial charge in [-0.05, 0) is 37.3 Å². The molecule has 4 aromatic rings. The molecule has 0 bridgehead atoms. The van der Waals surface area contributed by atoms with Gasteiger partial charge in [0.2, 0.25) is 11.9 Å². The lowest BCUT2D eigenvalue weighted by Crippen LogP contribution is -2.22. The van der Waals surface area contributed by atoms with Gasteiger partial charge in [0.25, 0.3) is 0 Å². The molecule has 1 amide bonds. The number of rotatable bonds is 10. The minimum Gasteiger partial charge on any atom is -0.495 e. The van der Waals surface area contributed by atoms with Crippen molar-refractivity contribution in [1.82, 2.24) is 15.0 Å². The van der Waals surface area contributed by atoms with Crippen LogP contribution >= 0.6 is 23.2 Å². The molecule has 0 spiro atoms. The summed E-state index contributed by atoms with van der Waals surface area (Å²) in [6.07, 6.45) is 4.06. The number of ether oxygens (including phenoxy) is 2. The average molecular weight is 594 g/mol. The number of methoxy groups -OCH3 is 2. The van der Waals surface area contributed by atoms with E-state index in [1.165, 1.54) is 27.1 Å². The topological polar surface area (TPSA) is 115 Å². The molecule has 1 aliphatic rings. The molecule has 2 heterocycles. The third kappa shape index (κ3) is 5.60. The molecule has 9 nitrogen and oxygen atoms in total. The number of amides is 1. The molecule has 0 aliphatic heterocycles. The molecule has 41 heavy (non-hydrogen) atoms. The van der Waals surface area contributed by atoms with Crippen LogP contribution < -0.4 is 25.4 Å². The Balaban J connectivity index is 1.67. The maximum absolute atomic E-state index is 11.9. The second-order valence-electron chi connectivity index (χ2n) is 10.0. The number of primary amides is 1. The van der Waals surface area contributed by atoms with Crippen LogP contribution in [-0.2, 0) is 4.79 Å². The SMILES string of the molecule is C=C(C(N)=O)c1cccc(C)c1Nc1ncc2cc(-c3c(Cl)c(OC)cc(OC)c3Cl)nc(N(C)CC3CC3)c2n1. The number of benzene rings is 2. The third-order valence-electron chi connectivity index (χ3n) is 7.10. The maximum atomic E-state index is 11.9. The number of pyridine rings is 1. The monoisotopic (exact) mass is 592 g/mol. The molecule has 3 N–H and O–H groups in total. The molecule has 1 aliphatic carbocycles. The molecule has 1 saturated carbocycles. The van der Waals surface area contributed by atoms with E-state index in [0.29, 0.717) is 67.3 Å². The van der Waals surface area contributed by atoms with Crippen molar-refractivity contribution >= 4 is 63.0 Å². The number of fused-ring (bicyclic) bond motifs is 1. The highest BCUT2D eigenvalue weighted by Gasteiger charge is 2.26. The fourth-order valence-electron chi connectivity index (χ4n) is 4.69. The summed E-state index contributed by atoms with van der Waals surface area (Å²) in [7, 11) is 5.05. The third-order valence-corrected chi connectivity index (χ3v) is 7.85. The maximum Gasteiger partial charge on any atom is 0.248 e. The van der Waals surface area contributed by atoms with E-state index >= 15 is 0 Å². The van der Waals surface area contributed by atoms with Gasteiger partial charge in [0.05, 0.1) is 35.6 Å². The Hall–Kier alpha value is -4.08. The van der Waals surface area contributed by atoms with Crippen LogP contribution in [0.1, 0.15) is 24.0 Å². The minimum atomic E-state index is -0.606. The Morgan fingerprint density at radius 1 is 1.15 bits per heavy atom. The van der Waals surface area contributed by atoms with Gasteiger partial charge in [-0.2, -0.15) is 0 Å². The Morgan fingerprint density at radius 2 is 1.83 bits per heavy atom. The van der Waals surface area contributed by atoms with Crippen LogP contribution in [0.4, 0.5) is 17.5 Å². The molecule has 212 valence electrons. The first-order chi connectivity index (χ1) is 19.6. The van der Waals surface area contributed by atoms with Gasteiger partial charge < -0.3 is 25.4 Å². The number of hydrogen-bond donors (Lipinski definition) is 2. The van der Waals surface area contributed by atoms with Crippen molar-refractivity contribution in [3.8, 4) is 22.8 Å². The summed E-state index contributed by atoms with van der Waals surface area (Å²) >= 11 is 13.5. The van der Waals surface area contributed by atoms with Gasteiger partial charge in [-0.15, -0.1) is 0 Å². The van der Waals surface area contributed by atoms with Gasteiger partial charge in [-0.3, -0.25) is 4.79 Å². The number of aryl methyl sites for hydroxylation is 1. The fourth-order valence-corrected chi connectivity index (χ4v) is 5.39. The average Bonchev–Trinajstić information content (AvgIpc) is 3.77. The van der Waals surface area contributed by atoms with Gasteiger partial charge in [-0.1, -0.05) is 48.0 Å². The molecule has 0 atom stereocenters. The first-order valence-electron chi connectivity index (χ1n) is 13.0. The molecular weight excluding hydrogens is 563 g/mol. The number of nitrogens with two attached hydrogens (primary N) is 1. The number of aromatic nitrogens is 3. The Bertz CT molecular complexity index is 1660. The van der Waals surface area contributed by atoms with Crippen molar-refractivity contribution in [1.29, 1.82) is 0 Å². The van der Waals surface area contributed by atoms with Crippen LogP contribution in [0.2, 0.25) is 10.0 Å². The molecule has 2 aromatic carbocycles. The van der Waals surface area contributed by atoms with E-state index in [9.17, 15) is 4.79 Å². The number of carbonyl (C=O) groups excluding carboxylic acids is 1. The van der Waals surface area contributed by atoms with Crippen molar-refractivity contribution in [3.63, 3.8) is 0 Å². The minimum absolute atomic E-state index is 0.190. The number of nitrogens with one attached hydrogen (secondary N) is 1. The number of nitrogens with zero attached hydrogens (tertiary/aromatic N) is 4. The van der Waals surface area contributed by atoms with E-state index in [-0.39, 0.29) is 5.57 Å². The van der Waals surface area contributed by atoms with Crippen LogP contribution in [0.15, 0.2) is 43.1 Å². The second kappa shape index (κ2) is 11.4. The van der Waals surface area contributed by atoms with Crippen molar-refractivity contribution in [2.45, 2.75) is 19.8 Å². The van der Waals surface area contributed by atoms with Crippen molar-refractivity contribution < 1.29 is 14.3 Å². The number of anilines is 3. The van der Waals surface area contributed by atoms with Crippen LogP contribution in [0.5, 0.6) is 11.5 Å². The number of hydrogen-bond acceptors (Lipinski definition) is 8. The lowest BCUT2D eigenvalue weighted by molar-refractivity contribution is -0.112. The number of carbonyl (C=O) groups is 1. The Morgan fingerprint density at radius 3 is 2.44 bits per heavy atom. The van der Waals surface area contributed by atoms with E-state index < -0.39 is 5.91 Å². The van der Waals surface area contributed by atoms with Crippen LogP contribution in [-0.4, -0.2) is 48.7 Å². The van der Waals surface area contributed by atoms with E-state index in [4.69, 9.17) is 48.4 Å². The molecule has 2 aromatic heterocycles. The zero-order valence-corrected chi connectivity index (χ0v) is 24.7. The van der Waals surface area contributed by atoms with Crippen LogP contribution in [0, 0.1) is 12.8 Å². The van der Waals surface area contributed by atoms with E-state index in [0.717, 1.165) is 17.5 Å². The van der Waals surface area contributed by atoms with Gasteiger partial charge >= 0.3 is 0 Å². The lowest BCUT2D eigenvalue weighted by Gasteiger charge is -2.22. The van der Waals surface area contributed by atoms with Crippen molar-refractivity contribution in [2.24, 2.45) is 11.7 Å². The predicted molar refractivity (Wildman–Crippen MR) is 165 cm³/mol. The smallest absolute Gasteiger partial charge is 0.248 e. The fraction of sp³-hybridized carbons (Fsp3) is 0.267. The van der Waals surface area contributed by atoms with Gasteiger partial charge in [0, 0.05) is 47.9 Å². The molecule has 1 fully saturated rings. The molecular formula is C30H30Cl2N6O3. The predicted octanol–water partition coefficient (Wildman–Crippen LogP) is 6.41. The molecule has 5 rings (SSSR count). The second-order valence-corrected chi connectivity index (χ2v) is 10.8. The summed E-state index contributed by atoms with van der Waals surface area (Å²) in [4.78, 5) is 28.4. The summed E-state index contributed by atoms with van der Waals surface area (Å²) in [6.45, 7) is 6.59. The van der Waals surface area contributed by atoms with Gasteiger partial charge in [-0.25, -0.2) is 15.0 Å². The first-order valence-corrected chi connectivity index (χ1v) is 13.7. The van der Waals surface area contributed by atoms with Crippen molar-refractivity contribution in [2.75, 3.05) is 38.0 Å². The van der Waals surface area contributed by atoms with Crippen molar-refractivity contribution in [3.05, 3.63) is 64.3 Å². The van der Waals surface area contributed by atoms with E-state index in [1.807, 2.05) is 32.2 Å². The first kappa shape index (κ1) is 28.4. The zero-order chi connectivity index (χ0) is 29.4. The molecule has 0 saturated heterocycles. The number of halogens is 2. The van der Waals surface area contributed by atoms with E-state index in [1.54, 1.807) is 18.3 Å². The summed E-state index contributed by atoms with van der Waals surface area (Å²) in [5, 5.41) is 4.65. The highest BCUT2D eigenvalue weighted by molar-refractivity contribution is 6.41. The lowest BCUT2D eigenvalue weighted by atomic mass is 10.0. The molecule has 0 unspecified atom stereocenters. The summed E-state index contributed by atoms with van der Waals surface area (Å²) in [6, 6.07) is 9.02. The Labute approximate surface area is 248 Å². The van der Waals surface area contributed by atoms with Gasteiger partial charge in [0.1, 0.15) is 17.0 Å². The summed E-state index contributed by atoms with van der Waals surface area (Å²) < 4.78 is 11.0. The highest BCUT2D eigenvalue weighted by Crippen LogP contribution is 2.46. The summed E-state index contributed by atoms with van der Waals surface area (Å²) in [5.41, 5.74) is 9.49. The molecule has 0 radical (unpaired) electrons. The zero-order valence-electron chi connectivity index (χ0n) is 23.2. The van der Waals surface area contributed by atoms with Gasteiger partial charge in [0.15, 0.2) is 5.82 Å². The quantitative estimate of drug-likeness (QED) is 0.203. The Kier molecular flexibility index (Phi) is 7.93. The largest absolute Gasteiger partial charge is 0.495 e. The standard InChI is InChI=1S/C30H30Cl2N6O3/c1-15-7-6-8-19(16(2)28(33)39)26(15)36-30-34-13-18-11-20(23-24(31)21(40-4)12-22(41-5)25(23)32)35-29(27(18)37-30)38(3)14-17-9-10-17/h6-8,11-13,17H,2,9-10,14H2,1,3-5H3,(H2,33,39)(H,34,36,37). The van der Waals surface area contributed by atoms with E-state index in [2.05, 4.69) is 21.8 Å². The number of para-hydroxylation sites is 1. The molecule has 11 heteroatoms. The highest BCUT2D eigenvalue weighted by atomic mass is 35.5. The summed E-state index contributed by atoms with van der Waals surface area (Å²) in [5.74, 6) is 1.80. The van der Waals surface area contributed by atoms with Crippen LogP contribution in [0.25, 0.3) is 27.7 Å². The normalized spacial score (nSPS) is 12.7.